The van der Waals surface area contributed by atoms with Crippen molar-refractivity contribution >= 4 is 11.6 Å². The summed E-state index contributed by atoms with van der Waals surface area (Å²) in [5.74, 6) is 0.0926. The summed E-state index contributed by atoms with van der Waals surface area (Å²) < 4.78 is 14.1. The van der Waals surface area contributed by atoms with Gasteiger partial charge in [-0.15, -0.1) is 0 Å². The Labute approximate surface area is 123 Å². The van der Waals surface area contributed by atoms with Gasteiger partial charge < -0.3 is 11.2 Å². The number of carbonyl (C=O) groups is 1. The summed E-state index contributed by atoms with van der Waals surface area (Å²) in [4.78, 5) is 11.7. The Hall–Kier alpha value is -1.91. The van der Waals surface area contributed by atoms with Crippen molar-refractivity contribution in [2.75, 3.05) is 0 Å². The van der Waals surface area contributed by atoms with Gasteiger partial charge in [0.15, 0.2) is 5.84 Å². The Morgan fingerprint density at radius 1 is 1.24 bits per heavy atom. The van der Waals surface area contributed by atoms with Crippen molar-refractivity contribution in [3.05, 3.63) is 35.9 Å². The lowest BCUT2D eigenvalue weighted by Crippen LogP contribution is -2.34. The molecule has 2 aliphatic rings. The minimum absolute atomic E-state index is 0.0205. The van der Waals surface area contributed by atoms with Crippen LogP contribution in [0.4, 0.5) is 4.39 Å². The molecule has 0 radical (unpaired) electrons. The number of nitrogens with zero attached hydrogens (tertiary/aromatic N) is 1. The number of hydrazone groups is 1. The molecule has 0 spiro atoms. The summed E-state index contributed by atoms with van der Waals surface area (Å²) in [6.07, 6.45) is 1.95. The summed E-state index contributed by atoms with van der Waals surface area (Å²) in [5, 5.41) is 3.90. The van der Waals surface area contributed by atoms with Crippen molar-refractivity contribution in [3.8, 4) is 0 Å². The summed E-state index contributed by atoms with van der Waals surface area (Å²) >= 11 is 0. The Bertz CT molecular complexity index is 542. The first-order valence-electron chi connectivity index (χ1n) is 7.47. The molecule has 3 rings (SSSR count). The van der Waals surface area contributed by atoms with Crippen molar-refractivity contribution in [1.29, 1.82) is 0 Å². The average Bonchev–Trinajstić information content (AvgIpc) is 3.29. The number of benzene rings is 1. The molecular formula is C16H20FN3O. The molecule has 3 unspecified atom stereocenters. The van der Waals surface area contributed by atoms with Crippen LogP contribution in [0.25, 0.3) is 0 Å². The van der Waals surface area contributed by atoms with E-state index in [4.69, 9.17) is 5.73 Å². The number of nitrogens with one attached hydrogen (secondary N) is 1. The van der Waals surface area contributed by atoms with Crippen LogP contribution in [0.5, 0.6) is 0 Å². The topological polar surface area (TPSA) is 67.5 Å². The van der Waals surface area contributed by atoms with Gasteiger partial charge in [0, 0.05) is 5.92 Å². The maximum atomic E-state index is 14.1. The highest BCUT2D eigenvalue weighted by atomic mass is 19.1. The Kier molecular flexibility index (Phi) is 3.90. The third-order valence-corrected chi connectivity index (χ3v) is 4.31. The van der Waals surface area contributed by atoms with E-state index in [9.17, 15) is 9.18 Å². The second kappa shape index (κ2) is 5.84. The molecule has 2 fully saturated rings. The lowest BCUT2D eigenvalue weighted by Gasteiger charge is -2.12. The molecule has 0 saturated heterocycles. The van der Waals surface area contributed by atoms with Crippen LogP contribution in [-0.4, -0.2) is 23.8 Å². The quantitative estimate of drug-likeness (QED) is 0.495. The van der Waals surface area contributed by atoms with Crippen molar-refractivity contribution in [1.82, 2.24) is 5.43 Å². The Morgan fingerprint density at radius 2 is 1.95 bits per heavy atom. The smallest absolute Gasteiger partial charge is 0.202 e. The fourth-order valence-corrected chi connectivity index (χ4v) is 2.88. The molecule has 3 atom stereocenters. The SMILES string of the molecule is N/C(=N\NC1CC(c2ccccc2)CC1F)C(=O)C1CC1. The highest BCUT2D eigenvalue weighted by Gasteiger charge is 2.36. The monoisotopic (exact) mass is 289 g/mol. The molecule has 0 heterocycles. The number of hydrogen-bond acceptors (Lipinski definition) is 3. The van der Waals surface area contributed by atoms with E-state index < -0.39 is 6.17 Å². The van der Waals surface area contributed by atoms with Gasteiger partial charge in [-0.05, 0) is 37.2 Å². The molecule has 5 heteroatoms. The zero-order chi connectivity index (χ0) is 14.8. The van der Waals surface area contributed by atoms with E-state index in [1.54, 1.807) is 0 Å². The van der Waals surface area contributed by atoms with Crippen LogP contribution < -0.4 is 11.2 Å². The number of alkyl halides is 1. The molecule has 21 heavy (non-hydrogen) atoms. The van der Waals surface area contributed by atoms with Crippen LogP contribution in [0.1, 0.15) is 37.2 Å². The average molecular weight is 289 g/mol. The predicted octanol–water partition coefficient (Wildman–Crippen LogP) is 2.11. The van der Waals surface area contributed by atoms with E-state index in [-0.39, 0.29) is 29.5 Å². The zero-order valence-electron chi connectivity index (χ0n) is 11.8. The van der Waals surface area contributed by atoms with Crippen LogP contribution >= 0.6 is 0 Å². The summed E-state index contributed by atoms with van der Waals surface area (Å²) in [5.41, 5.74) is 9.55. The first-order chi connectivity index (χ1) is 10.1. The molecule has 0 aromatic heterocycles. The van der Waals surface area contributed by atoms with Crippen LogP contribution in [0.2, 0.25) is 0 Å². The first kappa shape index (κ1) is 14.0. The number of Topliss-reactive ketones (excluding diaryl/α,β-unsaturated/α-hetero) is 1. The first-order valence-corrected chi connectivity index (χ1v) is 7.47. The maximum absolute atomic E-state index is 14.1. The highest BCUT2D eigenvalue weighted by molar-refractivity contribution is 6.39. The van der Waals surface area contributed by atoms with Crippen LogP contribution in [0.3, 0.4) is 0 Å². The molecule has 0 aliphatic heterocycles. The van der Waals surface area contributed by atoms with Crippen molar-refractivity contribution in [2.24, 2.45) is 16.8 Å². The van der Waals surface area contributed by atoms with Crippen LogP contribution in [0.15, 0.2) is 35.4 Å². The highest BCUT2D eigenvalue weighted by Crippen LogP contribution is 2.36. The normalized spacial score (nSPS) is 29.4. The fraction of sp³-hybridized carbons (Fsp3) is 0.500. The molecule has 1 aromatic carbocycles. The number of hydrogen-bond donors (Lipinski definition) is 2. The molecular weight excluding hydrogens is 269 g/mol. The molecule has 2 saturated carbocycles. The third kappa shape index (κ3) is 3.23. The molecule has 2 aliphatic carbocycles. The molecule has 0 amide bonds. The van der Waals surface area contributed by atoms with E-state index >= 15 is 0 Å². The number of ketones is 1. The van der Waals surface area contributed by atoms with Gasteiger partial charge in [-0.1, -0.05) is 30.3 Å². The van der Waals surface area contributed by atoms with E-state index in [1.165, 1.54) is 0 Å². The summed E-state index contributed by atoms with van der Waals surface area (Å²) in [6.45, 7) is 0. The second-order valence-electron chi connectivity index (χ2n) is 5.97. The van der Waals surface area contributed by atoms with Gasteiger partial charge in [-0.2, -0.15) is 5.10 Å². The van der Waals surface area contributed by atoms with Crippen molar-refractivity contribution in [3.63, 3.8) is 0 Å². The van der Waals surface area contributed by atoms with Gasteiger partial charge in [0.25, 0.3) is 0 Å². The number of rotatable bonds is 5. The van der Waals surface area contributed by atoms with Gasteiger partial charge >= 0.3 is 0 Å². The largest absolute Gasteiger partial charge is 0.379 e. The molecule has 3 N–H and O–H groups in total. The van der Waals surface area contributed by atoms with E-state index in [0.29, 0.717) is 12.8 Å². The number of halogens is 1. The minimum atomic E-state index is -0.970. The fourth-order valence-electron chi connectivity index (χ4n) is 2.88. The zero-order valence-corrected chi connectivity index (χ0v) is 11.8. The molecule has 1 aromatic rings. The van der Waals surface area contributed by atoms with Gasteiger partial charge in [0.05, 0.1) is 6.04 Å². The van der Waals surface area contributed by atoms with Crippen LogP contribution in [0, 0.1) is 5.92 Å². The van der Waals surface area contributed by atoms with E-state index in [0.717, 1.165) is 18.4 Å². The molecule has 0 bridgehead atoms. The number of amidine groups is 1. The van der Waals surface area contributed by atoms with Crippen LogP contribution in [-0.2, 0) is 4.79 Å². The summed E-state index contributed by atoms with van der Waals surface area (Å²) in [7, 11) is 0. The molecule has 112 valence electrons. The van der Waals surface area contributed by atoms with Gasteiger partial charge in [0.1, 0.15) is 6.17 Å². The van der Waals surface area contributed by atoms with Gasteiger partial charge in [-0.3, -0.25) is 4.79 Å². The van der Waals surface area contributed by atoms with Crippen molar-refractivity contribution in [2.45, 2.75) is 43.8 Å². The maximum Gasteiger partial charge on any atom is 0.202 e. The van der Waals surface area contributed by atoms with Gasteiger partial charge in [0.2, 0.25) is 5.78 Å². The lowest BCUT2D eigenvalue weighted by atomic mass is 9.98. The molecule has 4 nitrogen and oxygen atoms in total. The number of carbonyl (C=O) groups excluding carboxylic acids is 1. The van der Waals surface area contributed by atoms with E-state index in [1.807, 2.05) is 30.3 Å². The van der Waals surface area contributed by atoms with E-state index in [2.05, 4.69) is 10.5 Å². The second-order valence-corrected chi connectivity index (χ2v) is 5.97. The number of nitrogens with two attached hydrogens (primary N) is 1. The third-order valence-electron chi connectivity index (χ3n) is 4.31. The van der Waals surface area contributed by atoms with Gasteiger partial charge in [-0.25, -0.2) is 4.39 Å². The lowest BCUT2D eigenvalue weighted by molar-refractivity contribution is -0.114. The standard InChI is InChI=1S/C16H20FN3O/c17-13-8-12(10-4-2-1-3-5-10)9-14(13)19-20-16(18)15(21)11-6-7-11/h1-5,11-14,19H,6-9H2,(H2,18,20). The Morgan fingerprint density at radius 3 is 2.62 bits per heavy atom. The summed E-state index contributed by atoms with van der Waals surface area (Å²) in [6, 6.07) is 9.56. The predicted molar refractivity (Wildman–Crippen MR) is 79.6 cm³/mol. The minimum Gasteiger partial charge on any atom is -0.379 e. The van der Waals surface area contributed by atoms with Crippen molar-refractivity contribution < 1.29 is 9.18 Å². The Balaban J connectivity index is 1.59.